The van der Waals surface area contributed by atoms with Crippen molar-refractivity contribution in [3.8, 4) is 0 Å². The molecule has 0 spiro atoms. The number of aliphatic hydroxyl groups excluding tert-OH is 1. The van der Waals surface area contributed by atoms with E-state index in [1.54, 1.807) is 12.1 Å². The third-order valence-electron chi connectivity index (χ3n) is 1.78. The Morgan fingerprint density at radius 1 is 1.20 bits per heavy atom. The van der Waals surface area contributed by atoms with Gasteiger partial charge in [-0.2, -0.15) is 0 Å². The van der Waals surface area contributed by atoms with Gasteiger partial charge in [-0.25, -0.2) is 4.79 Å². The first-order valence-electron chi connectivity index (χ1n) is 4.51. The molecule has 78 valence electrons. The topological polar surface area (TPSA) is 57.5 Å². The highest BCUT2D eigenvalue weighted by molar-refractivity contribution is 5.80. The Kier molecular flexibility index (Phi) is 4.31. The Labute approximate surface area is 88.0 Å². The number of carbonyl (C=O) groups is 1. The van der Waals surface area contributed by atoms with Gasteiger partial charge in [-0.05, 0) is 5.56 Å². The number of carboxylic acid groups (broad SMARTS) is 1. The van der Waals surface area contributed by atoms with Gasteiger partial charge < -0.3 is 10.2 Å². The van der Waals surface area contributed by atoms with Crippen LogP contribution in [0.4, 0.5) is 0 Å². The number of carboxylic acids is 1. The largest absolute Gasteiger partial charge is 0.478 e. The van der Waals surface area contributed by atoms with E-state index in [4.69, 9.17) is 5.11 Å². The van der Waals surface area contributed by atoms with Crippen LogP contribution in [0, 0.1) is 0 Å². The van der Waals surface area contributed by atoms with Crippen LogP contribution >= 0.6 is 0 Å². The maximum absolute atomic E-state index is 10.1. The second-order valence-electron chi connectivity index (χ2n) is 2.94. The third kappa shape index (κ3) is 4.24. The third-order valence-corrected chi connectivity index (χ3v) is 1.78. The Morgan fingerprint density at radius 3 is 2.47 bits per heavy atom. The highest BCUT2D eigenvalue weighted by Gasteiger charge is 1.99. The molecule has 15 heavy (non-hydrogen) atoms. The summed E-state index contributed by atoms with van der Waals surface area (Å²) in [6.45, 7) is 0. The molecule has 0 heterocycles. The summed E-state index contributed by atoms with van der Waals surface area (Å²) in [4.78, 5) is 10.1. The van der Waals surface area contributed by atoms with Gasteiger partial charge in [0.1, 0.15) is 0 Å². The molecule has 0 saturated carbocycles. The van der Waals surface area contributed by atoms with Gasteiger partial charge in [-0.15, -0.1) is 0 Å². The van der Waals surface area contributed by atoms with Crippen molar-refractivity contribution in [2.24, 2.45) is 0 Å². The number of aliphatic carboxylic acids is 1. The van der Waals surface area contributed by atoms with Crippen LogP contribution in [-0.4, -0.2) is 16.2 Å². The fraction of sp³-hybridized carbons (Fsp3) is 0.0833. The lowest BCUT2D eigenvalue weighted by atomic mass is 10.1. The molecular formula is C12H12O3. The average molecular weight is 204 g/mol. The van der Waals surface area contributed by atoms with E-state index in [1.165, 1.54) is 18.2 Å². The van der Waals surface area contributed by atoms with Crippen molar-refractivity contribution in [3.63, 3.8) is 0 Å². The van der Waals surface area contributed by atoms with Crippen LogP contribution in [0.3, 0.4) is 0 Å². The average Bonchev–Trinajstić information content (AvgIpc) is 2.25. The van der Waals surface area contributed by atoms with Crippen LogP contribution < -0.4 is 0 Å². The van der Waals surface area contributed by atoms with Crippen LogP contribution in [0.25, 0.3) is 0 Å². The first-order chi connectivity index (χ1) is 7.20. The summed E-state index contributed by atoms with van der Waals surface area (Å²) in [6, 6.07) is 9.13. The summed E-state index contributed by atoms with van der Waals surface area (Å²) in [6.07, 6.45) is 4.70. The molecule has 0 amide bonds. The molecule has 1 unspecified atom stereocenters. The minimum absolute atomic E-state index is 0.704. The van der Waals surface area contributed by atoms with E-state index in [0.717, 1.165) is 11.6 Å². The Bertz CT molecular complexity index is 366. The van der Waals surface area contributed by atoms with Crippen molar-refractivity contribution in [2.75, 3.05) is 0 Å². The van der Waals surface area contributed by atoms with Gasteiger partial charge >= 0.3 is 5.97 Å². The minimum Gasteiger partial charge on any atom is -0.478 e. The zero-order valence-corrected chi connectivity index (χ0v) is 8.08. The maximum Gasteiger partial charge on any atom is 0.328 e. The smallest absolute Gasteiger partial charge is 0.328 e. The normalized spacial score (nSPS) is 13.4. The molecule has 3 nitrogen and oxygen atoms in total. The Morgan fingerprint density at radius 2 is 1.87 bits per heavy atom. The zero-order chi connectivity index (χ0) is 11.1. The summed E-state index contributed by atoms with van der Waals surface area (Å²) in [5.41, 5.74) is 0.775. The quantitative estimate of drug-likeness (QED) is 0.582. The van der Waals surface area contributed by atoms with Crippen molar-refractivity contribution in [3.05, 3.63) is 60.2 Å². The SMILES string of the molecule is O=C(O)/C=C/C=C/C(O)c1ccccc1. The molecule has 2 N–H and O–H groups in total. The van der Waals surface area contributed by atoms with Gasteiger partial charge in [0, 0.05) is 6.08 Å². The number of aliphatic hydroxyl groups is 1. The second kappa shape index (κ2) is 5.78. The van der Waals surface area contributed by atoms with Crippen LogP contribution in [0.15, 0.2) is 54.6 Å². The highest BCUT2D eigenvalue weighted by atomic mass is 16.4. The summed E-state index contributed by atoms with van der Waals surface area (Å²) in [5.74, 6) is -1.01. The standard InChI is InChI=1S/C12H12O3/c13-11(8-4-5-9-12(14)15)10-6-2-1-3-7-10/h1-9,11,13H,(H,14,15)/b8-4+,9-5+. The first kappa shape index (κ1) is 11.2. The lowest BCUT2D eigenvalue weighted by Gasteiger charge is -2.03. The number of hydrogen-bond acceptors (Lipinski definition) is 2. The molecule has 0 aliphatic carbocycles. The molecule has 0 radical (unpaired) electrons. The van der Waals surface area contributed by atoms with E-state index >= 15 is 0 Å². The molecule has 0 fully saturated rings. The van der Waals surface area contributed by atoms with Crippen molar-refractivity contribution >= 4 is 5.97 Å². The molecule has 1 atom stereocenters. The van der Waals surface area contributed by atoms with E-state index in [9.17, 15) is 9.90 Å². The van der Waals surface area contributed by atoms with Crippen LogP contribution in [0.5, 0.6) is 0 Å². The second-order valence-corrected chi connectivity index (χ2v) is 2.94. The molecule has 0 saturated heterocycles. The van der Waals surface area contributed by atoms with Gasteiger partial charge in [0.15, 0.2) is 0 Å². The summed E-state index contributed by atoms with van der Waals surface area (Å²) in [7, 11) is 0. The van der Waals surface area contributed by atoms with Gasteiger partial charge in [-0.1, -0.05) is 48.6 Å². The Balaban J connectivity index is 2.56. The van der Waals surface area contributed by atoms with Crippen molar-refractivity contribution in [2.45, 2.75) is 6.10 Å². The van der Waals surface area contributed by atoms with E-state index in [0.29, 0.717) is 0 Å². The van der Waals surface area contributed by atoms with Gasteiger partial charge in [0.05, 0.1) is 6.10 Å². The lowest BCUT2D eigenvalue weighted by Crippen LogP contribution is -1.91. The van der Waals surface area contributed by atoms with Crippen LogP contribution in [0.2, 0.25) is 0 Å². The number of benzene rings is 1. The minimum atomic E-state index is -1.01. The molecular weight excluding hydrogens is 192 g/mol. The first-order valence-corrected chi connectivity index (χ1v) is 4.51. The van der Waals surface area contributed by atoms with Crippen molar-refractivity contribution in [1.29, 1.82) is 0 Å². The summed E-state index contributed by atoms with van der Waals surface area (Å²) in [5, 5.41) is 17.9. The van der Waals surface area contributed by atoms with E-state index in [1.807, 2.05) is 18.2 Å². The summed E-state index contributed by atoms with van der Waals surface area (Å²) < 4.78 is 0. The van der Waals surface area contributed by atoms with E-state index in [-0.39, 0.29) is 0 Å². The van der Waals surface area contributed by atoms with Gasteiger partial charge in [0.25, 0.3) is 0 Å². The molecule has 1 rings (SSSR count). The molecule has 0 bridgehead atoms. The van der Waals surface area contributed by atoms with Gasteiger partial charge in [0.2, 0.25) is 0 Å². The molecule has 1 aromatic rings. The molecule has 3 heteroatoms. The molecule has 0 aliphatic heterocycles. The predicted octanol–water partition coefficient (Wildman–Crippen LogP) is 1.92. The predicted molar refractivity (Wildman–Crippen MR) is 57.3 cm³/mol. The fourth-order valence-electron chi connectivity index (χ4n) is 1.07. The number of rotatable bonds is 4. The van der Waals surface area contributed by atoms with E-state index < -0.39 is 12.1 Å². The highest BCUT2D eigenvalue weighted by Crippen LogP contribution is 2.12. The molecule has 0 aliphatic rings. The van der Waals surface area contributed by atoms with E-state index in [2.05, 4.69) is 0 Å². The number of hydrogen-bond donors (Lipinski definition) is 2. The van der Waals surface area contributed by atoms with Crippen LogP contribution in [-0.2, 0) is 4.79 Å². The lowest BCUT2D eigenvalue weighted by molar-refractivity contribution is -0.131. The summed E-state index contributed by atoms with van der Waals surface area (Å²) >= 11 is 0. The molecule has 1 aromatic carbocycles. The maximum atomic E-state index is 10.1. The van der Waals surface area contributed by atoms with Gasteiger partial charge in [-0.3, -0.25) is 0 Å². The van der Waals surface area contributed by atoms with Crippen molar-refractivity contribution in [1.82, 2.24) is 0 Å². The van der Waals surface area contributed by atoms with Crippen molar-refractivity contribution < 1.29 is 15.0 Å². The zero-order valence-electron chi connectivity index (χ0n) is 8.08. The fourth-order valence-corrected chi connectivity index (χ4v) is 1.07. The number of allylic oxidation sites excluding steroid dienone is 2. The molecule has 0 aromatic heterocycles. The van der Waals surface area contributed by atoms with Crippen LogP contribution in [0.1, 0.15) is 11.7 Å². The Hall–Kier alpha value is -1.87. The monoisotopic (exact) mass is 204 g/mol.